The SMILES string of the molecule is CCCCCCCCCCCCC(=O)OC1CC(C)CCC1C(C)C. The first-order valence-corrected chi connectivity index (χ1v) is 11.2. The molecule has 0 N–H and O–H groups in total. The molecule has 0 aromatic rings. The molecule has 0 saturated heterocycles. The molecule has 0 spiro atoms. The van der Waals surface area contributed by atoms with Crippen LogP contribution in [0.15, 0.2) is 0 Å². The smallest absolute Gasteiger partial charge is 0.306 e. The van der Waals surface area contributed by atoms with E-state index in [1.807, 2.05) is 0 Å². The standard InChI is InChI=1S/C23H44O2/c1-5-6-7-8-9-10-11-12-13-14-15-23(24)25-22-18-20(4)16-17-21(22)19(2)3/h19-22H,5-18H2,1-4H3. The van der Waals surface area contributed by atoms with E-state index >= 15 is 0 Å². The summed E-state index contributed by atoms with van der Waals surface area (Å²) in [7, 11) is 0. The van der Waals surface area contributed by atoms with Crippen molar-refractivity contribution in [2.45, 2.75) is 124 Å². The van der Waals surface area contributed by atoms with Crippen molar-refractivity contribution in [3.05, 3.63) is 0 Å². The molecule has 25 heavy (non-hydrogen) atoms. The van der Waals surface area contributed by atoms with Gasteiger partial charge in [-0.3, -0.25) is 4.79 Å². The van der Waals surface area contributed by atoms with E-state index in [2.05, 4.69) is 27.7 Å². The third kappa shape index (κ3) is 10.3. The Hall–Kier alpha value is -0.530. The Kier molecular flexibility index (Phi) is 12.3. The lowest BCUT2D eigenvalue weighted by Gasteiger charge is -2.36. The summed E-state index contributed by atoms with van der Waals surface area (Å²) in [5.74, 6) is 1.92. The molecule has 1 saturated carbocycles. The van der Waals surface area contributed by atoms with Gasteiger partial charge in [-0.15, -0.1) is 0 Å². The summed E-state index contributed by atoms with van der Waals surface area (Å²) in [6.07, 6.45) is 17.4. The minimum atomic E-state index is 0.0457. The van der Waals surface area contributed by atoms with Crippen LogP contribution in [0, 0.1) is 17.8 Å². The van der Waals surface area contributed by atoms with Crippen LogP contribution >= 0.6 is 0 Å². The van der Waals surface area contributed by atoms with Crippen molar-refractivity contribution in [1.82, 2.24) is 0 Å². The second kappa shape index (κ2) is 13.6. The highest BCUT2D eigenvalue weighted by atomic mass is 16.5. The lowest BCUT2D eigenvalue weighted by atomic mass is 9.75. The number of hydrogen-bond donors (Lipinski definition) is 0. The zero-order valence-electron chi connectivity index (χ0n) is 17.5. The number of carbonyl (C=O) groups excluding carboxylic acids is 1. The van der Waals surface area contributed by atoms with Gasteiger partial charge in [0.1, 0.15) is 6.10 Å². The van der Waals surface area contributed by atoms with Gasteiger partial charge in [-0.1, -0.05) is 91.9 Å². The molecular formula is C23H44O2. The highest BCUT2D eigenvalue weighted by molar-refractivity contribution is 5.69. The first kappa shape index (κ1) is 22.5. The molecule has 3 atom stereocenters. The number of unbranched alkanes of at least 4 members (excludes halogenated alkanes) is 9. The fourth-order valence-electron chi connectivity index (χ4n) is 4.23. The molecule has 0 aromatic heterocycles. The Labute approximate surface area is 157 Å². The maximum absolute atomic E-state index is 12.2. The van der Waals surface area contributed by atoms with E-state index in [-0.39, 0.29) is 12.1 Å². The third-order valence-electron chi connectivity index (χ3n) is 5.98. The molecule has 2 nitrogen and oxygen atoms in total. The second-order valence-corrected chi connectivity index (χ2v) is 8.79. The summed E-state index contributed by atoms with van der Waals surface area (Å²) in [4.78, 5) is 12.2. The van der Waals surface area contributed by atoms with Crippen molar-refractivity contribution in [2.75, 3.05) is 0 Å². The van der Waals surface area contributed by atoms with Crippen LogP contribution in [0.2, 0.25) is 0 Å². The van der Waals surface area contributed by atoms with Crippen LogP contribution < -0.4 is 0 Å². The van der Waals surface area contributed by atoms with Gasteiger partial charge >= 0.3 is 5.97 Å². The molecule has 1 aliphatic carbocycles. The molecule has 2 heteroatoms. The van der Waals surface area contributed by atoms with Gasteiger partial charge in [-0.05, 0) is 37.0 Å². The van der Waals surface area contributed by atoms with Crippen molar-refractivity contribution in [1.29, 1.82) is 0 Å². The van der Waals surface area contributed by atoms with Crippen LogP contribution in [0.4, 0.5) is 0 Å². The number of esters is 1. The van der Waals surface area contributed by atoms with Gasteiger partial charge in [0.05, 0.1) is 0 Å². The van der Waals surface area contributed by atoms with Gasteiger partial charge in [0.25, 0.3) is 0 Å². The molecule has 1 rings (SSSR count). The topological polar surface area (TPSA) is 26.3 Å². The van der Waals surface area contributed by atoms with Crippen molar-refractivity contribution in [3.63, 3.8) is 0 Å². The predicted molar refractivity (Wildman–Crippen MR) is 108 cm³/mol. The van der Waals surface area contributed by atoms with Crippen LogP contribution in [0.3, 0.4) is 0 Å². The quantitative estimate of drug-likeness (QED) is 0.257. The molecule has 0 bridgehead atoms. The maximum atomic E-state index is 12.2. The Bertz CT molecular complexity index is 337. The average Bonchev–Trinajstić information content (AvgIpc) is 2.56. The van der Waals surface area contributed by atoms with E-state index in [0.29, 0.717) is 24.2 Å². The summed E-state index contributed by atoms with van der Waals surface area (Å²) in [6.45, 7) is 9.09. The van der Waals surface area contributed by atoms with Crippen LogP contribution in [-0.4, -0.2) is 12.1 Å². The molecule has 3 unspecified atom stereocenters. The van der Waals surface area contributed by atoms with Gasteiger partial charge in [-0.2, -0.15) is 0 Å². The Morgan fingerprint density at radius 2 is 1.48 bits per heavy atom. The van der Waals surface area contributed by atoms with E-state index in [1.165, 1.54) is 70.6 Å². The van der Waals surface area contributed by atoms with Gasteiger partial charge in [0.15, 0.2) is 0 Å². The summed E-state index contributed by atoms with van der Waals surface area (Å²) in [6, 6.07) is 0. The number of rotatable bonds is 13. The highest BCUT2D eigenvalue weighted by Gasteiger charge is 2.33. The van der Waals surface area contributed by atoms with Crippen LogP contribution in [0.5, 0.6) is 0 Å². The van der Waals surface area contributed by atoms with E-state index < -0.39 is 0 Å². The van der Waals surface area contributed by atoms with Gasteiger partial charge in [-0.25, -0.2) is 0 Å². The molecule has 0 heterocycles. The van der Waals surface area contributed by atoms with Crippen LogP contribution in [0.1, 0.15) is 118 Å². The Morgan fingerprint density at radius 3 is 2.04 bits per heavy atom. The second-order valence-electron chi connectivity index (χ2n) is 8.79. The van der Waals surface area contributed by atoms with E-state index in [9.17, 15) is 4.79 Å². The normalized spacial score (nSPS) is 23.8. The molecule has 1 aliphatic rings. The monoisotopic (exact) mass is 352 g/mol. The minimum absolute atomic E-state index is 0.0457. The summed E-state index contributed by atoms with van der Waals surface area (Å²) in [5, 5.41) is 0. The fraction of sp³-hybridized carbons (Fsp3) is 0.957. The first-order chi connectivity index (χ1) is 12.0. The van der Waals surface area contributed by atoms with Gasteiger partial charge < -0.3 is 4.74 Å². The summed E-state index contributed by atoms with van der Waals surface area (Å²) < 4.78 is 5.88. The minimum Gasteiger partial charge on any atom is -0.462 e. The number of ether oxygens (including phenoxy) is 1. The molecule has 0 aliphatic heterocycles. The van der Waals surface area contributed by atoms with Crippen molar-refractivity contribution >= 4 is 5.97 Å². The molecule has 0 amide bonds. The predicted octanol–water partition coefficient (Wildman–Crippen LogP) is 7.30. The highest BCUT2D eigenvalue weighted by Crippen LogP contribution is 2.35. The number of carbonyl (C=O) groups is 1. The lowest BCUT2D eigenvalue weighted by Crippen LogP contribution is -2.35. The average molecular weight is 353 g/mol. The fourth-order valence-corrected chi connectivity index (χ4v) is 4.23. The van der Waals surface area contributed by atoms with Crippen LogP contribution in [0.25, 0.3) is 0 Å². The molecule has 0 radical (unpaired) electrons. The lowest BCUT2D eigenvalue weighted by molar-refractivity contribution is -0.156. The third-order valence-corrected chi connectivity index (χ3v) is 5.98. The zero-order valence-corrected chi connectivity index (χ0v) is 17.5. The first-order valence-electron chi connectivity index (χ1n) is 11.2. The largest absolute Gasteiger partial charge is 0.462 e. The van der Waals surface area contributed by atoms with Crippen molar-refractivity contribution < 1.29 is 9.53 Å². The van der Waals surface area contributed by atoms with Crippen molar-refractivity contribution in [2.24, 2.45) is 17.8 Å². The van der Waals surface area contributed by atoms with Gasteiger partial charge in [0.2, 0.25) is 0 Å². The van der Waals surface area contributed by atoms with Crippen LogP contribution in [-0.2, 0) is 9.53 Å². The molecule has 1 fully saturated rings. The number of hydrogen-bond acceptors (Lipinski definition) is 2. The van der Waals surface area contributed by atoms with E-state index in [4.69, 9.17) is 4.74 Å². The van der Waals surface area contributed by atoms with E-state index in [0.717, 1.165) is 12.8 Å². The molecular weight excluding hydrogens is 308 g/mol. The van der Waals surface area contributed by atoms with Gasteiger partial charge in [0, 0.05) is 6.42 Å². The summed E-state index contributed by atoms with van der Waals surface area (Å²) in [5.41, 5.74) is 0. The van der Waals surface area contributed by atoms with Crippen molar-refractivity contribution in [3.8, 4) is 0 Å². The zero-order chi connectivity index (χ0) is 18.5. The molecule has 0 aromatic carbocycles. The molecule has 148 valence electrons. The van der Waals surface area contributed by atoms with E-state index in [1.54, 1.807) is 0 Å². The summed E-state index contributed by atoms with van der Waals surface area (Å²) >= 11 is 0. The maximum Gasteiger partial charge on any atom is 0.306 e. The Balaban J connectivity index is 2.06. The Morgan fingerprint density at radius 1 is 0.920 bits per heavy atom.